The molecular weight excluding hydrogens is 468 g/mol. The van der Waals surface area contributed by atoms with E-state index in [1.807, 2.05) is 43.3 Å². The van der Waals surface area contributed by atoms with Crippen LogP contribution in [-0.2, 0) is 17.8 Å². The van der Waals surface area contributed by atoms with Gasteiger partial charge < -0.3 is 28.7 Å². The lowest BCUT2D eigenvalue weighted by atomic mass is 9.81. The van der Waals surface area contributed by atoms with Gasteiger partial charge in [-0.2, -0.15) is 0 Å². The Morgan fingerprint density at radius 3 is 2.08 bits per heavy atom. The van der Waals surface area contributed by atoms with Crippen molar-refractivity contribution in [1.29, 1.82) is 0 Å². The van der Waals surface area contributed by atoms with Gasteiger partial charge in [-0.05, 0) is 60.2 Å². The average molecular weight is 505 g/mol. The summed E-state index contributed by atoms with van der Waals surface area (Å²) in [5, 5.41) is 0. The Hall–Kier alpha value is -3.87. The zero-order valence-corrected chi connectivity index (χ0v) is 22.5. The molecule has 37 heavy (non-hydrogen) atoms. The van der Waals surface area contributed by atoms with E-state index in [2.05, 4.69) is 35.2 Å². The topological polar surface area (TPSA) is 60.5 Å². The summed E-state index contributed by atoms with van der Waals surface area (Å²) in [7, 11) is 10.4. The number of carbonyl (C=O) groups is 1. The summed E-state index contributed by atoms with van der Waals surface area (Å²) in [5.41, 5.74) is 5.05. The van der Waals surface area contributed by atoms with Crippen LogP contribution in [0.5, 0.6) is 23.0 Å². The minimum atomic E-state index is -0.279. The molecule has 1 aliphatic carbocycles. The normalized spacial score (nSPS) is 14.4. The lowest BCUT2D eigenvalue weighted by Crippen LogP contribution is -2.36. The van der Waals surface area contributed by atoms with Gasteiger partial charge in [0.25, 0.3) is 0 Å². The molecular formula is C30H36N2O5. The molecule has 0 radical (unpaired) electrons. The van der Waals surface area contributed by atoms with E-state index in [0.29, 0.717) is 29.5 Å². The van der Waals surface area contributed by atoms with Crippen molar-refractivity contribution in [3.05, 3.63) is 71.3 Å². The molecule has 4 rings (SSSR count). The number of benzene rings is 3. The molecule has 7 heteroatoms. The van der Waals surface area contributed by atoms with E-state index in [-0.39, 0.29) is 11.8 Å². The maximum atomic E-state index is 14.4. The molecule has 1 aliphatic rings. The molecule has 1 atom stereocenters. The third kappa shape index (κ3) is 5.45. The Bertz CT molecular complexity index is 1210. The molecule has 1 amide bonds. The van der Waals surface area contributed by atoms with Crippen LogP contribution in [0.2, 0.25) is 0 Å². The summed E-state index contributed by atoms with van der Waals surface area (Å²) in [6.07, 6.45) is 2.69. The van der Waals surface area contributed by atoms with Crippen LogP contribution < -0.4 is 28.7 Å². The zero-order valence-electron chi connectivity index (χ0n) is 22.5. The Kier molecular flexibility index (Phi) is 8.11. The van der Waals surface area contributed by atoms with Gasteiger partial charge in [-0.15, -0.1) is 0 Å². The van der Waals surface area contributed by atoms with E-state index in [1.165, 1.54) is 5.56 Å². The average Bonchev–Trinajstić information content (AvgIpc) is 2.94. The first-order chi connectivity index (χ1) is 17.9. The number of aryl methyl sites for hydroxylation is 1. The highest BCUT2D eigenvalue weighted by Crippen LogP contribution is 2.43. The van der Waals surface area contributed by atoms with E-state index in [4.69, 9.17) is 18.9 Å². The molecule has 0 aliphatic heterocycles. The van der Waals surface area contributed by atoms with Crippen LogP contribution in [-0.4, -0.2) is 48.4 Å². The quantitative estimate of drug-likeness (QED) is 0.387. The number of anilines is 2. The summed E-state index contributed by atoms with van der Waals surface area (Å²) < 4.78 is 22.2. The van der Waals surface area contributed by atoms with Gasteiger partial charge in [0.05, 0.1) is 46.6 Å². The van der Waals surface area contributed by atoms with Crippen LogP contribution in [0.4, 0.5) is 11.4 Å². The van der Waals surface area contributed by atoms with Crippen LogP contribution in [0.3, 0.4) is 0 Å². The number of carbonyl (C=O) groups excluding carboxylic acids is 1. The van der Waals surface area contributed by atoms with Crippen LogP contribution in [0.1, 0.15) is 35.4 Å². The molecule has 0 heterocycles. The molecule has 0 aromatic heterocycles. The van der Waals surface area contributed by atoms with Crippen molar-refractivity contribution in [2.24, 2.45) is 0 Å². The highest BCUT2D eigenvalue weighted by atomic mass is 16.5. The van der Waals surface area contributed by atoms with E-state index in [1.54, 1.807) is 28.4 Å². The lowest BCUT2D eigenvalue weighted by molar-refractivity contribution is -0.120. The second kappa shape index (κ2) is 11.5. The molecule has 3 aromatic carbocycles. The molecule has 0 bridgehead atoms. The maximum absolute atomic E-state index is 14.4. The number of ether oxygens (including phenoxy) is 4. The third-order valence-electron chi connectivity index (χ3n) is 6.99. The minimum Gasteiger partial charge on any atom is -0.497 e. The molecule has 196 valence electrons. The van der Waals surface area contributed by atoms with Crippen LogP contribution in [0.25, 0.3) is 0 Å². The Morgan fingerprint density at radius 2 is 1.51 bits per heavy atom. The van der Waals surface area contributed by atoms with Crippen molar-refractivity contribution >= 4 is 17.3 Å². The SMILES string of the molecule is COc1ccc2c(c1)C(C(=O)N(Cc1ccc(N(C)C)cc1)c1cc(OC)c(OC)c(OC)c1)CCC2. The first kappa shape index (κ1) is 26.2. The predicted molar refractivity (Wildman–Crippen MR) is 147 cm³/mol. The van der Waals surface area contributed by atoms with E-state index in [9.17, 15) is 4.79 Å². The van der Waals surface area contributed by atoms with Crippen LogP contribution >= 0.6 is 0 Å². The van der Waals surface area contributed by atoms with Crippen molar-refractivity contribution < 1.29 is 23.7 Å². The van der Waals surface area contributed by atoms with Crippen molar-refractivity contribution in [3.8, 4) is 23.0 Å². The molecule has 0 saturated carbocycles. The fraction of sp³-hybridized carbons (Fsp3) is 0.367. The molecule has 3 aromatic rings. The summed E-state index contributed by atoms with van der Waals surface area (Å²) in [4.78, 5) is 18.2. The van der Waals surface area contributed by atoms with Crippen molar-refractivity contribution in [1.82, 2.24) is 0 Å². The summed E-state index contributed by atoms with van der Waals surface area (Å²) in [6, 6.07) is 18.0. The lowest BCUT2D eigenvalue weighted by Gasteiger charge is -2.32. The van der Waals surface area contributed by atoms with Gasteiger partial charge in [0.1, 0.15) is 5.75 Å². The number of hydrogen-bond donors (Lipinski definition) is 0. The second-order valence-electron chi connectivity index (χ2n) is 9.38. The zero-order chi connectivity index (χ0) is 26.5. The number of nitrogens with zero attached hydrogens (tertiary/aromatic N) is 2. The van der Waals surface area contributed by atoms with Gasteiger partial charge in [-0.3, -0.25) is 4.79 Å². The minimum absolute atomic E-state index is 0.0279. The molecule has 7 nitrogen and oxygen atoms in total. The van der Waals surface area contributed by atoms with Gasteiger partial charge in [0.2, 0.25) is 11.7 Å². The standard InChI is InChI=1S/C30H36N2O5/c1-31(2)22-13-10-20(11-14-22)19-32(23-16-27(35-4)29(37-6)28(17-23)36-5)30(33)25-9-7-8-21-12-15-24(34-3)18-26(21)25/h10-18,25H,7-9,19H2,1-6H3. The molecule has 0 N–H and O–H groups in total. The fourth-order valence-electron chi connectivity index (χ4n) is 4.95. The van der Waals surface area contributed by atoms with Gasteiger partial charge in [0.15, 0.2) is 11.5 Å². The summed E-state index contributed by atoms with van der Waals surface area (Å²) in [6.45, 7) is 0.404. The van der Waals surface area contributed by atoms with E-state index >= 15 is 0 Å². The second-order valence-corrected chi connectivity index (χ2v) is 9.38. The largest absolute Gasteiger partial charge is 0.497 e. The first-order valence-corrected chi connectivity index (χ1v) is 12.4. The number of rotatable bonds is 9. The molecule has 0 saturated heterocycles. The number of methoxy groups -OCH3 is 4. The molecule has 1 unspecified atom stereocenters. The molecule has 0 fully saturated rings. The van der Waals surface area contributed by atoms with Crippen LogP contribution in [0.15, 0.2) is 54.6 Å². The summed E-state index contributed by atoms with van der Waals surface area (Å²) in [5.74, 6) is 2.01. The smallest absolute Gasteiger partial charge is 0.234 e. The third-order valence-corrected chi connectivity index (χ3v) is 6.99. The van der Waals surface area contributed by atoms with Gasteiger partial charge in [0, 0.05) is 31.9 Å². The highest BCUT2D eigenvalue weighted by Gasteiger charge is 2.32. The van der Waals surface area contributed by atoms with E-state index < -0.39 is 0 Å². The fourth-order valence-corrected chi connectivity index (χ4v) is 4.95. The van der Waals surface area contributed by atoms with Gasteiger partial charge in [-0.25, -0.2) is 0 Å². The van der Waals surface area contributed by atoms with Crippen molar-refractivity contribution in [3.63, 3.8) is 0 Å². The molecule has 0 spiro atoms. The van der Waals surface area contributed by atoms with Gasteiger partial charge >= 0.3 is 0 Å². The first-order valence-electron chi connectivity index (χ1n) is 12.4. The maximum Gasteiger partial charge on any atom is 0.234 e. The number of hydrogen-bond acceptors (Lipinski definition) is 6. The number of amides is 1. The predicted octanol–water partition coefficient (Wildman–Crippen LogP) is 5.44. The Balaban J connectivity index is 1.79. The van der Waals surface area contributed by atoms with Gasteiger partial charge in [-0.1, -0.05) is 18.2 Å². The Morgan fingerprint density at radius 1 is 0.838 bits per heavy atom. The Labute approximate surface area is 219 Å². The van der Waals surface area contributed by atoms with Crippen molar-refractivity contribution in [2.75, 3.05) is 52.3 Å². The highest BCUT2D eigenvalue weighted by molar-refractivity contribution is 5.99. The van der Waals surface area contributed by atoms with E-state index in [0.717, 1.165) is 41.8 Å². The number of fused-ring (bicyclic) bond motifs is 1. The monoisotopic (exact) mass is 504 g/mol. The van der Waals surface area contributed by atoms with Crippen molar-refractivity contribution in [2.45, 2.75) is 31.7 Å². The van der Waals surface area contributed by atoms with Crippen LogP contribution in [0, 0.1) is 0 Å². The summed E-state index contributed by atoms with van der Waals surface area (Å²) >= 11 is 0.